The predicted octanol–water partition coefficient (Wildman–Crippen LogP) is 4.32. The molecule has 0 fully saturated rings. The molecule has 0 aliphatic heterocycles. The van der Waals surface area contributed by atoms with Gasteiger partial charge in [0.25, 0.3) is 0 Å². The first-order valence-electron chi connectivity index (χ1n) is 8.04. The van der Waals surface area contributed by atoms with Crippen LogP contribution in [0, 0.1) is 0 Å². The van der Waals surface area contributed by atoms with Gasteiger partial charge >= 0.3 is 0 Å². The highest BCUT2D eigenvalue weighted by molar-refractivity contribution is 5.27. The van der Waals surface area contributed by atoms with Crippen molar-refractivity contribution in [3.05, 3.63) is 65.5 Å². The lowest BCUT2D eigenvalue weighted by atomic mass is 9.97. The Morgan fingerprint density at radius 3 is 2.24 bits per heavy atom. The molecule has 1 aromatic heterocycles. The van der Waals surface area contributed by atoms with Crippen LogP contribution in [0.25, 0.3) is 0 Å². The van der Waals surface area contributed by atoms with Gasteiger partial charge in [-0.15, -0.1) is 0 Å². The quantitative estimate of drug-likeness (QED) is 0.780. The maximum Gasteiger partial charge on any atom is 0.0360 e. The van der Waals surface area contributed by atoms with Crippen molar-refractivity contribution in [2.45, 2.75) is 45.6 Å². The number of aryl methyl sites for hydroxylation is 1. The van der Waals surface area contributed by atoms with Crippen molar-refractivity contribution in [1.29, 1.82) is 0 Å². The lowest BCUT2D eigenvalue weighted by molar-refractivity contribution is 0.529. The van der Waals surface area contributed by atoms with Gasteiger partial charge in [0.1, 0.15) is 0 Å². The van der Waals surface area contributed by atoms with Crippen LogP contribution in [0.1, 0.15) is 49.4 Å². The Bertz CT molecular complexity index is 505. The van der Waals surface area contributed by atoms with Crippen LogP contribution < -0.4 is 5.32 Å². The average Bonchev–Trinajstić information content (AvgIpc) is 2.53. The molecule has 2 nitrogen and oxygen atoms in total. The van der Waals surface area contributed by atoms with Crippen LogP contribution in [0.3, 0.4) is 0 Å². The Labute approximate surface area is 128 Å². The molecule has 0 aliphatic carbocycles. The third-order valence-corrected chi connectivity index (χ3v) is 3.75. The molecule has 0 bridgehead atoms. The minimum Gasteiger partial charge on any atom is -0.310 e. The first-order chi connectivity index (χ1) is 10.3. The van der Waals surface area contributed by atoms with Crippen LogP contribution in [0.15, 0.2) is 48.8 Å². The highest BCUT2D eigenvalue weighted by atomic mass is 14.9. The third-order valence-electron chi connectivity index (χ3n) is 3.75. The number of rotatable bonds is 8. The van der Waals surface area contributed by atoms with Crippen LogP contribution >= 0.6 is 0 Å². The number of nitrogens with zero attached hydrogens (tertiary/aromatic N) is 1. The molecule has 1 unspecified atom stereocenters. The van der Waals surface area contributed by atoms with Gasteiger partial charge in [-0.1, -0.05) is 44.5 Å². The van der Waals surface area contributed by atoms with Crippen LogP contribution in [0.5, 0.6) is 0 Å². The van der Waals surface area contributed by atoms with E-state index in [1.165, 1.54) is 23.1 Å². The topological polar surface area (TPSA) is 24.9 Å². The molecule has 1 N–H and O–H groups in total. The fourth-order valence-corrected chi connectivity index (χ4v) is 2.59. The van der Waals surface area contributed by atoms with Crippen molar-refractivity contribution < 1.29 is 0 Å². The normalized spacial score (nSPS) is 12.3. The molecular weight excluding hydrogens is 256 g/mol. The third kappa shape index (κ3) is 4.98. The van der Waals surface area contributed by atoms with Crippen molar-refractivity contribution in [3.63, 3.8) is 0 Å². The van der Waals surface area contributed by atoms with E-state index in [0.717, 1.165) is 25.8 Å². The van der Waals surface area contributed by atoms with E-state index < -0.39 is 0 Å². The molecule has 2 rings (SSSR count). The second kappa shape index (κ2) is 8.58. The highest BCUT2D eigenvalue weighted by Gasteiger charge is 2.11. The molecule has 0 radical (unpaired) electrons. The van der Waals surface area contributed by atoms with Gasteiger partial charge in [-0.25, -0.2) is 0 Å². The van der Waals surface area contributed by atoms with Gasteiger partial charge in [-0.2, -0.15) is 0 Å². The van der Waals surface area contributed by atoms with E-state index in [1.54, 1.807) is 0 Å². The summed E-state index contributed by atoms with van der Waals surface area (Å²) in [5, 5.41) is 3.67. The summed E-state index contributed by atoms with van der Waals surface area (Å²) in [7, 11) is 0. The number of hydrogen-bond donors (Lipinski definition) is 1. The standard InChI is InChI=1S/C19H26N2/c1-3-5-16-6-8-18(9-7-16)19(21-12-4-2)15-17-10-13-20-14-11-17/h6-11,13-14,19,21H,3-5,12,15H2,1-2H3. The lowest BCUT2D eigenvalue weighted by Crippen LogP contribution is -2.24. The zero-order valence-electron chi connectivity index (χ0n) is 13.2. The first kappa shape index (κ1) is 15.7. The summed E-state index contributed by atoms with van der Waals surface area (Å²) in [6.45, 7) is 5.48. The minimum atomic E-state index is 0.378. The Hall–Kier alpha value is -1.67. The Kier molecular flexibility index (Phi) is 6.42. The molecule has 112 valence electrons. The molecule has 0 saturated heterocycles. The van der Waals surface area contributed by atoms with E-state index >= 15 is 0 Å². The monoisotopic (exact) mass is 282 g/mol. The van der Waals surface area contributed by atoms with E-state index in [9.17, 15) is 0 Å². The van der Waals surface area contributed by atoms with Gasteiger partial charge in [-0.3, -0.25) is 4.98 Å². The van der Waals surface area contributed by atoms with Crippen LogP contribution in [-0.4, -0.2) is 11.5 Å². The van der Waals surface area contributed by atoms with E-state index in [0.29, 0.717) is 6.04 Å². The molecule has 1 heterocycles. The average molecular weight is 282 g/mol. The van der Waals surface area contributed by atoms with Gasteiger partial charge in [0.05, 0.1) is 0 Å². The van der Waals surface area contributed by atoms with E-state index in [1.807, 2.05) is 12.4 Å². The van der Waals surface area contributed by atoms with Gasteiger partial charge in [-0.05, 0) is 54.6 Å². The van der Waals surface area contributed by atoms with Crippen molar-refractivity contribution in [2.24, 2.45) is 0 Å². The molecule has 1 atom stereocenters. The van der Waals surface area contributed by atoms with Crippen molar-refractivity contribution >= 4 is 0 Å². The van der Waals surface area contributed by atoms with Gasteiger partial charge in [0.2, 0.25) is 0 Å². The number of aromatic nitrogens is 1. The molecule has 0 spiro atoms. The molecule has 0 amide bonds. The summed E-state index contributed by atoms with van der Waals surface area (Å²) in [5.41, 5.74) is 4.13. The molecule has 2 heteroatoms. The molecule has 2 aromatic rings. The van der Waals surface area contributed by atoms with E-state index in [4.69, 9.17) is 0 Å². The second-order valence-corrected chi connectivity index (χ2v) is 5.56. The summed E-state index contributed by atoms with van der Waals surface area (Å²) in [4.78, 5) is 4.10. The zero-order valence-corrected chi connectivity index (χ0v) is 13.2. The zero-order chi connectivity index (χ0) is 14.9. The number of pyridine rings is 1. The smallest absolute Gasteiger partial charge is 0.0360 e. The van der Waals surface area contributed by atoms with Crippen LogP contribution in [0.4, 0.5) is 0 Å². The van der Waals surface area contributed by atoms with Gasteiger partial charge < -0.3 is 5.32 Å². The molecule has 0 aliphatic rings. The molecular formula is C19H26N2. The minimum absolute atomic E-state index is 0.378. The van der Waals surface area contributed by atoms with Crippen LogP contribution in [-0.2, 0) is 12.8 Å². The fourth-order valence-electron chi connectivity index (χ4n) is 2.59. The lowest BCUT2D eigenvalue weighted by Gasteiger charge is -2.19. The first-order valence-corrected chi connectivity index (χ1v) is 8.04. The highest BCUT2D eigenvalue weighted by Crippen LogP contribution is 2.19. The Morgan fingerprint density at radius 1 is 0.905 bits per heavy atom. The summed E-state index contributed by atoms with van der Waals surface area (Å²) in [6.07, 6.45) is 8.27. The number of benzene rings is 1. The summed E-state index contributed by atoms with van der Waals surface area (Å²) in [6, 6.07) is 13.7. The molecule has 21 heavy (non-hydrogen) atoms. The largest absolute Gasteiger partial charge is 0.310 e. The van der Waals surface area contributed by atoms with E-state index in [2.05, 4.69) is 60.5 Å². The van der Waals surface area contributed by atoms with Gasteiger partial charge in [0, 0.05) is 18.4 Å². The van der Waals surface area contributed by atoms with E-state index in [-0.39, 0.29) is 0 Å². The number of nitrogens with one attached hydrogen (secondary N) is 1. The Balaban J connectivity index is 2.11. The van der Waals surface area contributed by atoms with Crippen LogP contribution in [0.2, 0.25) is 0 Å². The summed E-state index contributed by atoms with van der Waals surface area (Å²) < 4.78 is 0. The predicted molar refractivity (Wildman–Crippen MR) is 89.4 cm³/mol. The number of hydrogen-bond acceptors (Lipinski definition) is 2. The summed E-state index contributed by atoms with van der Waals surface area (Å²) in [5.74, 6) is 0. The maximum atomic E-state index is 4.10. The van der Waals surface area contributed by atoms with Gasteiger partial charge in [0.15, 0.2) is 0 Å². The van der Waals surface area contributed by atoms with Crippen molar-refractivity contribution in [1.82, 2.24) is 10.3 Å². The van der Waals surface area contributed by atoms with Crippen molar-refractivity contribution in [3.8, 4) is 0 Å². The molecule has 1 aromatic carbocycles. The summed E-state index contributed by atoms with van der Waals surface area (Å²) >= 11 is 0. The molecule has 0 saturated carbocycles. The second-order valence-electron chi connectivity index (χ2n) is 5.56. The Morgan fingerprint density at radius 2 is 1.62 bits per heavy atom. The maximum absolute atomic E-state index is 4.10. The van der Waals surface area contributed by atoms with Crippen molar-refractivity contribution in [2.75, 3.05) is 6.54 Å². The fraction of sp³-hybridized carbons (Fsp3) is 0.421. The SMILES string of the molecule is CCCNC(Cc1ccncc1)c1ccc(CCC)cc1.